The van der Waals surface area contributed by atoms with Gasteiger partial charge in [0.1, 0.15) is 0 Å². The molecule has 0 fully saturated rings. The fourth-order valence-electron chi connectivity index (χ4n) is 1.84. The molecule has 21 heavy (non-hydrogen) atoms. The molecular formula is C16H27N3O2. The van der Waals surface area contributed by atoms with Gasteiger partial charge in [0.05, 0.1) is 19.8 Å². The van der Waals surface area contributed by atoms with Gasteiger partial charge in [-0.05, 0) is 25.0 Å². The first-order valence-corrected chi connectivity index (χ1v) is 7.47. The molecule has 0 heterocycles. The van der Waals surface area contributed by atoms with Gasteiger partial charge < -0.3 is 20.1 Å². The lowest BCUT2D eigenvalue weighted by Crippen LogP contribution is -2.38. The lowest BCUT2D eigenvalue weighted by Gasteiger charge is -2.12. The first-order valence-electron chi connectivity index (χ1n) is 7.47. The van der Waals surface area contributed by atoms with Crippen LogP contribution in [0.1, 0.15) is 25.0 Å². The average Bonchev–Trinajstić information content (AvgIpc) is 2.51. The van der Waals surface area contributed by atoms with E-state index in [-0.39, 0.29) is 0 Å². The van der Waals surface area contributed by atoms with E-state index in [1.54, 1.807) is 7.11 Å². The molecule has 0 amide bonds. The van der Waals surface area contributed by atoms with E-state index in [1.807, 2.05) is 19.1 Å². The molecule has 0 aliphatic carbocycles. The van der Waals surface area contributed by atoms with Crippen molar-refractivity contribution < 1.29 is 9.47 Å². The minimum Gasteiger partial charge on any atom is -0.383 e. The summed E-state index contributed by atoms with van der Waals surface area (Å²) in [4.78, 5) is 4.61. The number of nitrogens with one attached hydrogen (secondary N) is 2. The van der Waals surface area contributed by atoms with Gasteiger partial charge in [-0.3, -0.25) is 0 Å². The molecule has 0 unspecified atom stereocenters. The van der Waals surface area contributed by atoms with Crippen molar-refractivity contribution in [3.63, 3.8) is 0 Å². The molecule has 5 nitrogen and oxygen atoms in total. The Morgan fingerprint density at radius 1 is 1.14 bits per heavy atom. The topological polar surface area (TPSA) is 54.9 Å². The van der Waals surface area contributed by atoms with E-state index in [0.717, 1.165) is 25.7 Å². The second-order valence-corrected chi connectivity index (χ2v) is 4.52. The molecule has 0 aliphatic rings. The highest BCUT2D eigenvalue weighted by Gasteiger charge is 2.02. The first kappa shape index (κ1) is 17.5. The third-order valence-electron chi connectivity index (χ3n) is 2.93. The Balaban J connectivity index is 2.65. The number of rotatable bonds is 9. The van der Waals surface area contributed by atoms with Gasteiger partial charge in [-0.1, -0.05) is 24.3 Å². The van der Waals surface area contributed by atoms with Crippen LogP contribution in [0.25, 0.3) is 0 Å². The molecule has 5 heteroatoms. The maximum Gasteiger partial charge on any atom is 0.191 e. The van der Waals surface area contributed by atoms with E-state index in [1.165, 1.54) is 11.1 Å². The van der Waals surface area contributed by atoms with Crippen LogP contribution in [0.4, 0.5) is 0 Å². The van der Waals surface area contributed by atoms with Crippen LogP contribution < -0.4 is 10.6 Å². The van der Waals surface area contributed by atoms with E-state index in [2.05, 4.69) is 34.7 Å². The van der Waals surface area contributed by atoms with Crippen molar-refractivity contribution in [1.82, 2.24) is 10.6 Å². The fraction of sp³-hybridized carbons (Fsp3) is 0.562. The molecule has 0 radical (unpaired) electrons. The molecule has 118 valence electrons. The molecule has 0 bridgehead atoms. The molecule has 2 N–H and O–H groups in total. The predicted molar refractivity (Wildman–Crippen MR) is 86.5 cm³/mol. The SMILES string of the molecule is CCNC(=NCc1ccccc1COCC)NCCOC. The second kappa shape index (κ2) is 11.1. The second-order valence-electron chi connectivity index (χ2n) is 4.52. The Labute approximate surface area is 127 Å². The Morgan fingerprint density at radius 3 is 2.57 bits per heavy atom. The summed E-state index contributed by atoms with van der Waals surface area (Å²) in [5.74, 6) is 0.806. The molecule has 0 spiro atoms. The lowest BCUT2D eigenvalue weighted by atomic mass is 10.1. The summed E-state index contributed by atoms with van der Waals surface area (Å²) < 4.78 is 10.5. The number of ether oxygens (including phenoxy) is 2. The maximum atomic E-state index is 5.50. The molecule has 0 atom stereocenters. The number of methoxy groups -OCH3 is 1. The monoisotopic (exact) mass is 293 g/mol. The van der Waals surface area contributed by atoms with Crippen LogP contribution in [-0.4, -0.2) is 39.4 Å². The van der Waals surface area contributed by atoms with Crippen LogP contribution in [0.2, 0.25) is 0 Å². The fourth-order valence-corrected chi connectivity index (χ4v) is 1.84. The van der Waals surface area contributed by atoms with Crippen molar-refractivity contribution in [1.29, 1.82) is 0 Å². The zero-order chi connectivity index (χ0) is 15.3. The highest BCUT2D eigenvalue weighted by molar-refractivity contribution is 5.79. The van der Waals surface area contributed by atoms with E-state index in [9.17, 15) is 0 Å². The Kier molecular flexibility index (Phi) is 9.24. The minimum atomic E-state index is 0.631. The standard InChI is InChI=1S/C16H27N3O2/c1-4-17-16(18-10-11-20-3)19-12-14-8-6-7-9-15(14)13-21-5-2/h6-9H,4-5,10-13H2,1-3H3,(H2,17,18,19). The van der Waals surface area contributed by atoms with Crippen molar-refractivity contribution in [2.45, 2.75) is 27.0 Å². The van der Waals surface area contributed by atoms with E-state index >= 15 is 0 Å². The third kappa shape index (κ3) is 7.11. The smallest absolute Gasteiger partial charge is 0.191 e. The van der Waals surface area contributed by atoms with Crippen LogP contribution in [0.15, 0.2) is 29.3 Å². The molecule has 0 saturated heterocycles. The highest BCUT2D eigenvalue weighted by atomic mass is 16.5. The summed E-state index contributed by atoms with van der Waals surface area (Å²) in [6, 6.07) is 8.25. The number of benzene rings is 1. The van der Waals surface area contributed by atoms with Crippen LogP contribution in [0.5, 0.6) is 0 Å². The molecular weight excluding hydrogens is 266 g/mol. The van der Waals surface area contributed by atoms with Crippen molar-refractivity contribution in [2.24, 2.45) is 4.99 Å². The van der Waals surface area contributed by atoms with Gasteiger partial charge in [-0.2, -0.15) is 0 Å². The number of aliphatic imine (C=N–C) groups is 1. The van der Waals surface area contributed by atoms with Gasteiger partial charge in [0.25, 0.3) is 0 Å². The molecule has 0 aliphatic heterocycles. The van der Waals surface area contributed by atoms with Crippen molar-refractivity contribution in [3.8, 4) is 0 Å². The van der Waals surface area contributed by atoms with Gasteiger partial charge in [-0.25, -0.2) is 4.99 Å². The minimum absolute atomic E-state index is 0.631. The molecule has 1 aromatic carbocycles. The Hall–Kier alpha value is -1.59. The number of guanidine groups is 1. The van der Waals surface area contributed by atoms with Crippen molar-refractivity contribution in [3.05, 3.63) is 35.4 Å². The first-order chi connectivity index (χ1) is 10.3. The van der Waals surface area contributed by atoms with E-state index in [0.29, 0.717) is 19.8 Å². The van der Waals surface area contributed by atoms with Crippen molar-refractivity contribution in [2.75, 3.05) is 33.4 Å². The largest absolute Gasteiger partial charge is 0.383 e. The Bertz CT molecular complexity index is 422. The van der Waals surface area contributed by atoms with Gasteiger partial charge in [0.15, 0.2) is 5.96 Å². The molecule has 1 rings (SSSR count). The maximum absolute atomic E-state index is 5.50. The van der Waals surface area contributed by atoms with Gasteiger partial charge in [-0.15, -0.1) is 0 Å². The zero-order valence-corrected chi connectivity index (χ0v) is 13.3. The van der Waals surface area contributed by atoms with Crippen LogP contribution in [0.3, 0.4) is 0 Å². The predicted octanol–water partition coefficient (Wildman–Crippen LogP) is 1.92. The summed E-state index contributed by atoms with van der Waals surface area (Å²) in [6.45, 7) is 8.27. The quantitative estimate of drug-likeness (QED) is 0.415. The lowest BCUT2D eigenvalue weighted by molar-refractivity contribution is 0.133. The van der Waals surface area contributed by atoms with Crippen LogP contribution in [-0.2, 0) is 22.6 Å². The molecule has 0 saturated carbocycles. The summed E-state index contributed by atoms with van der Waals surface area (Å²) in [5, 5.41) is 6.46. The summed E-state index contributed by atoms with van der Waals surface area (Å²) in [5.41, 5.74) is 2.38. The number of hydrogen-bond acceptors (Lipinski definition) is 3. The summed E-state index contributed by atoms with van der Waals surface area (Å²) >= 11 is 0. The Morgan fingerprint density at radius 2 is 1.90 bits per heavy atom. The third-order valence-corrected chi connectivity index (χ3v) is 2.93. The van der Waals surface area contributed by atoms with Gasteiger partial charge in [0.2, 0.25) is 0 Å². The zero-order valence-electron chi connectivity index (χ0n) is 13.3. The van der Waals surface area contributed by atoms with Gasteiger partial charge in [0, 0.05) is 26.8 Å². The molecule has 0 aromatic heterocycles. The normalized spacial score (nSPS) is 11.5. The van der Waals surface area contributed by atoms with Crippen LogP contribution >= 0.6 is 0 Å². The number of hydrogen-bond donors (Lipinski definition) is 2. The van der Waals surface area contributed by atoms with E-state index < -0.39 is 0 Å². The number of nitrogens with zero attached hydrogens (tertiary/aromatic N) is 1. The summed E-state index contributed by atoms with van der Waals surface area (Å²) in [6.07, 6.45) is 0. The molecule has 1 aromatic rings. The average molecular weight is 293 g/mol. The van der Waals surface area contributed by atoms with Crippen molar-refractivity contribution >= 4 is 5.96 Å². The van der Waals surface area contributed by atoms with Crippen LogP contribution in [0, 0.1) is 0 Å². The highest BCUT2D eigenvalue weighted by Crippen LogP contribution is 2.11. The summed E-state index contributed by atoms with van der Waals surface area (Å²) in [7, 11) is 1.69. The van der Waals surface area contributed by atoms with E-state index in [4.69, 9.17) is 9.47 Å². The van der Waals surface area contributed by atoms with Gasteiger partial charge >= 0.3 is 0 Å².